The first-order valence-electron chi connectivity index (χ1n) is 7.55. The molecule has 0 saturated carbocycles. The van der Waals surface area contributed by atoms with Crippen LogP contribution in [0.4, 0.5) is 4.39 Å². The summed E-state index contributed by atoms with van der Waals surface area (Å²) in [7, 11) is 0. The number of nitrogens with two attached hydrogens (primary N) is 1. The van der Waals surface area contributed by atoms with Crippen LogP contribution in [0.5, 0.6) is 5.75 Å². The van der Waals surface area contributed by atoms with Crippen LogP contribution in [0.25, 0.3) is 0 Å². The molecule has 0 atom stereocenters. The van der Waals surface area contributed by atoms with E-state index in [1.165, 1.54) is 18.2 Å². The molecule has 0 bridgehead atoms. The maximum absolute atomic E-state index is 13.2. The quantitative estimate of drug-likeness (QED) is 0.847. The Morgan fingerprint density at radius 1 is 1.17 bits per heavy atom. The van der Waals surface area contributed by atoms with Crippen molar-refractivity contribution >= 4 is 11.8 Å². The summed E-state index contributed by atoms with van der Waals surface area (Å²) in [5.41, 5.74) is 6.19. The number of rotatable bonds is 7. The number of hydrogen-bond donors (Lipinski definition) is 1. The number of benzene rings is 2. The van der Waals surface area contributed by atoms with Crippen molar-refractivity contribution in [2.24, 2.45) is 5.73 Å². The number of nitrogens with zero attached hydrogens (tertiary/aromatic N) is 1. The molecule has 0 spiro atoms. The second-order valence-corrected chi connectivity index (χ2v) is 5.19. The van der Waals surface area contributed by atoms with Gasteiger partial charge < -0.3 is 15.4 Å². The second kappa shape index (κ2) is 8.10. The lowest BCUT2D eigenvalue weighted by atomic mass is 10.2. The number of ether oxygens (including phenoxy) is 1. The van der Waals surface area contributed by atoms with Crippen LogP contribution in [-0.2, 0) is 11.3 Å². The van der Waals surface area contributed by atoms with Gasteiger partial charge in [-0.3, -0.25) is 9.59 Å². The van der Waals surface area contributed by atoms with Crippen LogP contribution < -0.4 is 10.5 Å². The molecule has 0 saturated heterocycles. The molecule has 6 heteroatoms. The Morgan fingerprint density at radius 3 is 2.58 bits per heavy atom. The first kappa shape index (κ1) is 17.5. The summed E-state index contributed by atoms with van der Waals surface area (Å²) < 4.78 is 18.7. The van der Waals surface area contributed by atoms with Crippen LogP contribution in [0.1, 0.15) is 22.8 Å². The lowest BCUT2D eigenvalue weighted by Crippen LogP contribution is -2.34. The van der Waals surface area contributed by atoms with E-state index in [9.17, 15) is 14.0 Å². The minimum absolute atomic E-state index is 0.221. The molecule has 0 aliphatic rings. The van der Waals surface area contributed by atoms with Crippen molar-refractivity contribution in [1.82, 2.24) is 4.90 Å². The third-order valence-corrected chi connectivity index (χ3v) is 3.50. The molecule has 0 aliphatic heterocycles. The van der Waals surface area contributed by atoms with Crippen molar-refractivity contribution in [3.05, 3.63) is 65.5 Å². The molecule has 2 rings (SSSR count). The van der Waals surface area contributed by atoms with Gasteiger partial charge in [0.25, 0.3) is 11.8 Å². The number of primary amides is 1. The first-order valence-corrected chi connectivity index (χ1v) is 7.55. The van der Waals surface area contributed by atoms with E-state index >= 15 is 0 Å². The maximum Gasteiger partial charge on any atom is 0.260 e. The van der Waals surface area contributed by atoms with Gasteiger partial charge in [0.2, 0.25) is 0 Å². The van der Waals surface area contributed by atoms with Crippen LogP contribution in [-0.4, -0.2) is 29.9 Å². The Balaban J connectivity index is 2.01. The molecular weight excluding hydrogens is 311 g/mol. The van der Waals surface area contributed by atoms with Crippen LogP contribution >= 0.6 is 0 Å². The Bertz CT molecular complexity index is 734. The molecule has 0 unspecified atom stereocenters. The van der Waals surface area contributed by atoms with Crippen molar-refractivity contribution in [3.8, 4) is 5.75 Å². The first-order chi connectivity index (χ1) is 11.5. The van der Waals surface area contributed by atoms with E-state index in [4.69, 9.17) is 10.5 Å². The fraction of sp³-hybridized carbons (Fsp3) is 0.222. The molecule has 2 amide bonds. The summed E-state index contributed by atoms with van der Waals surface area (Å²) in [6, 6.07) is 12.6. The van der Waals surface area contributed by atoms with Gasteiger partial charge in [-0.1, -0.05) is 24.3 Å². The van der Waals surface area contributed by atoms with E-state index in [-0.39, 0.29) is 36.2 Å². The van der Waals surface area contributed by atoms with Gasteiger partial charge in [0.1, 0.15) is 11.6 Å². The van der Waals surface area contributed by atoms with Gasteiger partial charge in [-0.25, -0.2) is 4.39 Å². The fourth-order valence-corrected chi connectivity index (χ4v) is 2.26. The van der Waals surface area contributed by atoms with E-state index in [0.717, 1.165) is 0 Å². The minimum Gasteiger partial charge on any atom is -0.483 e. The van der Waals surface area contributed by atoms with E-state index in [1.807, 2.05) is 6.92 Å². The van der Waals surface area contributed by atoms with Crippen molar-refractivity contribution in [2.45, 2.75) is 13.5 Å². The van der Waals surface area contributed by atoms with E-state index in [1.54, 1.807) is 35.2 Å². The number of likely N-dealkylation sites (N-methyl/N-ethyl adjacent to an activating group) is 1. The summed E-state index contributed by atoms with van der Waals surface area (Å²) >= 11 is 0. The van der Waals surface area contributed by atoms with E-state index in [0.29, 0.717) is 12.1 Å². The highest BCUT2D eigenvalue weighted by atomic mass is 19.1. The molecule has 2 aromatic rings. The Hall–Kier alpha value is -2.89. The zero-order valence-electron chi connectivity index (χ0n) is 13.4. The van der Waals surface area contributed by atoms with Crippen molar-refractivity contribution in [3.63, 3.8) is 0 Å². The predicted octanol–water partition coefficient (Wildman–Crippen LogP) is 2.35. The molecule has 0 radical (unpaired) electrons. The van der Waals surface area contributed by atoms with Crippen molar-refractivity contribution in [2.75, 3.05) is 13.2 Å². The Kier molecular flexibility index (Phi) is 5.89. The minimum atomic E-state index is -0.620. The van der Waals surface area contributed by atoms with Crippen LogP contribution in [0.2, 0.25) is 0 Å². The van der Waals surface area contributed by atoms with Gasteiger partial charge >= 0.3 is 0 Å². The summed E-state index contributed by atoms with van der Waals surface area (Å²) in [5, 5.41) is 0. The summed E-state index contributed by atoms with van der Waals surface area (Å²) in [4.78, 5) is 25.2. The van der Waals surface area contributed by atoms with Crippen LogP contribution in [0.3, 0.4) is 0 Å². The third kappa shape index (κ3) is 4.55. The standard InChI is InChI=1S/C18H19FN2O3/c1-2-21(11-13-6-5-7-14(19)10-13)17(22)12-24-16-9-4-3-8-15(16)18(20)23/h3-10H,2,11-12H2,1H3,(H2,20,23). The van der Waals surface area contributed by atoms with Gasteiger partial charge in [0.15, 0.2) is 6.61 Å². The number of amides is 2. The number of para-hydroxylation sites is 1. The van der Waals surface area contributed by atoms with E-state index in [2.05, 4.69) is 0 Å². The maximum atomic E-state index is 13.2. The summed E-state index contributed by atoms with van der Waals surface area (Å²) in [6.45, 7) is 2.34. The molecule has 24 heavy (non-hydrogen) atoms. The normalized spacial score (nSPS) is 10.2. The Morgan fingerprint density at radius 2 is 1.92 bits per heavy atom. The topological polar surface area (TPSA) is 72.6 Å². The summed E-state index contributed by atoms with van der Waals surface area (Å²) in [6.07, 6.45) is 0. The van der Waals surface area contributed by atoms with Gasteiger partial charge in [-0.15, -0.1) is 0 Å². The molecule has 0 aliphatic carbocycles. The Labute approximate surface area is 139 Å². The zero-order valence-corrected chi connectivity index (χ0v) is 13.4. The van der Waals surface area contributed by atoms with Crippen LogP contribution in [0.15, 0.2) is 48.5 Å². The molecule has 0 fully saturated rings. The molecule has 126 valence electrons. The fourth-order valence-electron chi connectivity index (χ4n) is 2.26. The summed E-state index contributed by atoms with van der Waals surface area (Å²) in [5.74, 6) is -0.964. The van der Waals surface area contributed by atoms with Crippen LogP contribution in [0, 0.1) is 5.82 Å². The number of hydrogen-bond acceptors (Lipinski definition) is 3. The smallest absolute Gasteiger partial charge is 0.260 e. The van der Waals surface area contributed by atoms with Gasteiger partial charge in [0, 0.05) is 13.1 Å². The van der Waals surface area contributed by atoms with Gasteiger partial charge in [0.05, 0.1) is 5.56 Å². The molecule has 2 aromatic carbocycles. The molecule has 0 heterocycles. The number of halogens is 1. The lowest BCUT2D eigenvalue weighted by Gasteiger charge is -2.21. The highest BCUT2D eigenvalue weighted by Crippen LogP contribution is 2.17. The monoisotopic (exact) mass is 330 g/mol. The largest absolute Gasteiger partial charge is 0.483 e. The molecular formula is C18H19FN2O3. The average molecular weight is 330 g/mol. The lowest BCUT2D eigenvalue weighted by molar-refractivity contribution is -0.133. The molecule has 0 aromatic heterocycles. The van der Waals surface area contributed by atoms with E-state index < -0.39 is 5.91 Å². The number of carbonyl (C=O) groups excluding carboxylic acids is 2. The average Bonchev–Trinajstić information content (AvgIpc) is 2.57. The van der Waals surface area contributed by atoms with Gasteiger partial charge in [-0.2, -0.15) is 0 Å². The van der Waals surface area contributed by atoms with Crippen molar-refractivity contribution in [1.29, 1.82) is 0 Å². The SMILES string of the molecule is CCN(Cc1cccc(F)c1)C(=O)COc1ccccc1C(N)=O. The predicted molar refractivity (Wildman–Crippen MR) is 87.9 cm³/mol. The third-order valence-electron chi connectivity index (χ3n) is 3.50. The van der Waals surface area contributed by atoms with Crippen molar-refractivity contribution < 1.29 is 18.7 Å². The zero-order chi connectivity index (χ0) is 17.5. The second-order valence-electron chi connectivity index (χ2n) is 5.19. The highest BCUT2D eigenvalue weighted by Gasteiger charge is 2.15. The highest BCUT2D eigenvalue weighted by molar-refractivity contribution is 5.95. The number of carbonyl (C=O) groups is 2. The molecule has 5 nitrogen and oxygen atoms in total. The molecule has 2 N–H and O–H groups in total. The van der Waals surface area contributed by atoms with Gasteiger partial charge in [-0.05, 0) is 36.8 Å².